The van der Waals surface area contributed by atoms with Gasteiger partial charge in [0.05, 0.1) is 29.2 Å². The van der Waals surface area contributed by atoms with Crippen molar-refractivity contribution in [3.63, 3.8) is 0 Å². The van der Waals surface area contributed by atoms with Crippen molar-refractivity contribution in [1.29, 1.82) is 0 Å². The van der Waals surface area contributed by atoms with E-state index in [9.17, 15) is 9.90 Å². The Morgan fingerprint density at radius 3 is 2.95 bits per heavy atom. The third-order valence-corrected chi connectivity index (χ3v) is 4.09. The average Bonchev–Trinajstić information content (AvgIpc) is 2.56. The molecule has 4 rings (SSSR count). The Balaban J connectivity index is 1.91. The van der Waals surface area contributed by atoms with Crippen LogP contribution < -0.4 is 5.56 Å². The zero-order chi connectivity index (χ0) is 15.1. The molecule has 5 heteroatoms. The Labute approximate surface area is 126 Å². The van der Waals surface area contributed by atoms with Gasteiger partial charge in [0.25, 0.3) is 5.56 Å². The summed E-state index contributed by atoms with van der Waals surface area (Å²) in [5, 5.41) is 10.3. The van der Waals surface area contributed by atoms with E-state index in [0.29, 0.717) is 30.3 Å². The summed E-state index contributed by atoms with van der Waals surface area (Å²) >= 11 is 0. The topological polar surface area (TPSA) is 68.0 Å². The highest BCUT2D eigenvalue weighted by atomic mass is 16.3. The quantitative estimate of drug-likeness (QED) is 0.742. The fraction of sp³-hybridized carbons (Fsp3) is 0.235. The summed E-state index contributed by atoms with van der Waals surface area (Å²) in [5.74, 6) is 0.751. The van der Waals surface area contributed by atoms with Gasteiger partial charge < -0.3 is 5.11 Å². The molecule has 0 bridgehead atoms. The molecule has 1 aliphatic heterocycles. The third-order valence-electron chi connectivity index (χ3n) is 4.09. The molecule has 0 spiro atoms. The van der Waals surface area contributed by atoms with Crippen LogP contribution in [0.25, 0.3) is 22.2 Å². The van der Waals surface area contributed by atoms with Crippen LogP contribution in [0.1, 0.15) is 12.2 Å². The van der Waals surface area contributed by atoms with Crippen LogP contribution in [0.4, 0.5) is 0 Å². The highest BCUT2D eigenvalue weighted by Gasteiger charge is 2.20. The van der Waals surface area contributed by atoms with Crippen LogP contribution in [0.15, 0.2) is 47.4 Å². The monoisotopic (exact) mass is 293 g/mol. The maximum absolute atomic E-state index is 12.6. The van der Waals surface area contributed by atoms with E-state index < -0.39 is 6.10 Å². The van der Waals surface area contributed by atoms with Gasteiger partial charge in [-0.2, -0.15) is 0 Å². The minimum atomic E-state index is -0.461. The summed E-state index contributed by atoms with van der Waals surface area (Å²) in [6.07, 6.45) is 2.56. The van der Waals surface area contributed by atoms with Crippen LogP contribution >= 0.6 is 0 Å². The predicted molar refractivity (Wildman–Crippen MR) is 83.6 cm³/mol. The van der Waals surface area contributed by atoms with E-state index in [1.807, 2.05) is 30.3 Å². The maximum atomic E-state index is 12.6. The summed E-state index contributed by atoms with van der Waals surface area (Å²) in [6, 6.07) is 11.3. The fourth-order valence-corrected chi connectivity index (χ4v) is 2.94. The normalized spacial score (nSPS) is 17.4. The van der Waals surface area contributed by atoms with Crippen LogP contribution in [-0.2, 0) is 13.0 Å². The lowest BCUT2D eigenvalue weighted by Gasteiger charge is -2.22. The molecule has 2 aromatic heterocycles. The fourth-order valence-electron chi connectivity index (χ4n) is 2.94. The zero-order valence-corrected chi connectivity index (χ0v) is 11.9. The first kappa shape index (κ1) is 13.2. The van der Waals surface area contributed by atoms with Gasteiger partial charge in [0, 0.05) is 18.2 Å². The van der Waals surface area contributed by atoms with Crippen LogP contribution in [0.3, 0.4) is 0 Å². The van der Waals surface area contributed by atoms with E-state index >= 15 is 0 Å². The highest BCUT2D eigenvalue weighted by Crippen LogP contribution is 2.21. The van der Waals surface area contributed by atoms with Gasteiger partial charge in [0.1, 0.15) is 5.82 Å². The van der Waals surface area contributed by atoms with E-state index in [1.165, 1.54) is 0 Å². The smallest absolute Gasteiger partial charge is 0.261 e. The van der Waals surface area contributed by atoms with E-state index in [1.54, 1.807) is 16.8 Å². The second-order valence-electron chi connectivity index (χ2n) is 5.58. The molecule has 1 atom stereocenters. The molecule has 0 saturated carbocycles. The first-order chi connectivity index (χ1) is 10.7. The molecular weight excluding hydrogens is 278 g/mol. The van der Waals surface area contributed by atoms with Gasteiger partial charge in [0.15, 0.2) is 0 Å². The Hall–Kier alpha value is -2.53. The van der Waals surface area contributed by atoms with Crippen LogP contribution in [0.2, 0.25) is 0 Å². The number of fused-ring (bicyclic) bond motifs is 2. The number of nitrogens with zero attached hydrogens (tertiary/aromatic N) is 3. The van der Waals surface area contributed by atoms with Gasteiger partial charge in [-0.25, -0.2) is 4.98 Å². The van der Waals surface area contributed by atoms with Crippen molar-refractivity contribution in [2.75, 3.05) is 0 Å². The van der Waals surface area contributed by atoms with Crippen molar-refractivity contribution in [3.8, 4) is 11.3 Å². The summed E-state index contributed by atoms with van der Waals surface area (Å²) in [4.78, 5) is 21.5. The number of aryl methyl sites for hydroxylation is 1. The Morgan fingerprint density at radius 1 is 1.23 bits per heavy atom. The zero-order valence-electron chi connectivity index (χ0n) is 11.9. The van der Waals surface area contributed by atoms with E-state index in [0.717, 1.165) is 17.1 Å². The van der Waals surface area contributed by atoms with Gasteiger partial charge >= 0.3 is 0 Å². The highest BCUT2D eigenvalue weighted by molar-refractivity contribution is 5.83. The van der Waals surface area contributed by atoms with E-state index in [4.69, 9.17) is 0 Å². The van der Waals surface area contributed by atoms with Crippen LogP contribution in [0.5, 0.6) is 0 Å². The van der Waals surface area contributed by atoms with Crippen molar-refractivity contribution >= 4 is 10.9 Å². The number of aromatic nitrogens is 3. The van der Waals surface area contributed by atoms with Crippen molar-refractivity contribution in [1.82, 2.24) is 14.5 Å². The van der Waals surface area contributed by atoms with Gasteiger partial charge in [0.2, 0.25) is 0 Å². The summed E-state index contributed by atoms with van der Waals surface area (Å²) in [5.41, 5.74) is 2.42. The summed E-state index contributed by atoms with van der Waals surface area (Å²) < 4.78 is 1.59. The molecule has 3 heterocycles. The van der Waals surface area contributed by atoms with Crippen molar-refractivity contribution in [2.24, 2.45) is 0 Å². The number of aliphatic hydroxyl groups is 1. The van der Waals surface area contributed by atoms with E-state index in [2.05, 4.69) is 9.97 Å². The van der Waals surface area contributed by atoms with Gasteiger partial charge in [-0.15, -0.1) is 0 Å². The van der Waals surface area contributed by atoms with Gasteiger partial charge in [-0.05, 0) is 30.7 Å². The standard InChI is InChI=1S/C17H15N3O2/c21-12-5-7-16-19-15-9-11(14-3-1-2-8-18-14)4-6-13(15)17(22)20(16)10-12/h1-4,6,8-9,12,21H,5,7,10H2. The Morgan fingerprint density at radius 2 is 2.14 bits per heavy atom. The lowest BCUT2D eigenvalue weighted by molar-refractivity contribution is 0.128. The average molecular weight is 293 g/mol. The van der Waals surface area contributed by atoms with Crippen molar-refractivity contribution < 1.29 is 5.11 Å². The molecule has 22 heavy (non-hydrogen) atoms. The molecule has 1 aromatic carbocycles. The molecule has 3 aromatic rings. The molecule has 0 saturated heterocycles. The molecule has 1 N–H and O–H groups in total. The first-order valence-electron chi connectivity index (χ1n) is 7.35. The number of pyridine rings is 1. The van der Waals surface area contributed by atoms with Crippen LogP contribution in [0, 0.1) is 0 Å². The van der Waals surface area contributed by atoms with Gasteiger partial charge in [-0.3, -0.25) is 14.3 Å². The molecule has 0 aliphatic carbocycles. The van der Waals surface area contributed by atoms with Crippen LogP contribution in [-0.4, -0.2) is 25.7 Å². The molecule has 0 amide bonds. The lowest BCUT2D eigenvalue weighted by atomic mass is 10.1. The first-order valence-corrected chi connectivity index (χ1v) is 7.35. The second-order valence-corrected chi connectivity index (χ2v) is 5.58. The molecule has 0 fully saturated rings. The molecule has 0 radical (unpaired) electrons. The van der Waals surface area contributed by atoms with Crippen molar-refractivity contribution in [2.45, 2.75) is 25.5 Å². The maximum Gasteiger partial charge on any atom is 0.261 e. The third kappa shape index (κ3) is 2.10. The molecular formula is C17H15N3O2. The van der Waals surface area contributed by atoms with E-state index in [-0.39, 0.29) is 5.56 Å². The number of rotatable bonds is 1. The minimum absolute atomic E-state index is 0.0775. The Kier molecular flexibility index (Phi) is 3.01. The number of aliphatic hydroxyl groups excluding tert-OH is 1. The molecule has 110 valence electrons. The van der Waals surface area contributed by atoms with Gasteiger partial charge in [-0.1, -0.05) is 12.1 Å². The second kappa shape index (κ2) is 5.03. The molecule has 1 unspecified atom stereocenters. The molecule has 5 nitrogen and oxygen atoms in total. The Bertz CT molecular complexity index is 903. The summed E-state index contributed by atoms with van der Waals surface area (Å²) in [6.45, 7) is 0.332. The number of hydrogen-bond donors (Lipinski definition) is 1. The largest absolute Gasteiger partial charge is 0.391 e. The number of benzene rings is 1. The van der Waals surface area contributed by atoms with Crippen molar-refractivity contribution in [3.05, 3.63) is 58.8 Å². The predicted octanol–water partition coefficient (Wildman–Crippen LogP) is 1.77. The minimum Gasteiger partial charge on any atom is -0.391 e. The lowest BCUT2D eigenvalue weighted by Crippen LogP contribution is -2.34. The molecule has 1 aliphatic rings. The summed E-state index contributed by atoms with van der Waals surface area (Å²) in [7, 11) is 0. The number of hydrogen-bond acceptors (Lipinski definition) is 4. The SMILES string of the molecule is O=c1c2ccc(-c3ccccn3)cc2nc2n1CC(O)CC2.